The molecule has 0 saturated heterocycles. The molecular formula is C14H20N2O2. The molecule has 4 heteroatoms. The van der Waals surface area contributed by atoms with E-state index < -0.39 is 0 Å². The number of amides is 1. The molecule has 0 aromatic heterocycles. The molecule has 1 amide bonds. The average Bonchev–Trinajstić information content (AvgIpc) is 2.44. The number of aliphatic hydroxyl groups is 1. The predicted octanol–water partition coefficient (Wildman–Crippen LogP) is 0.588. The fourth-order valence-corrected chi connectivity index (χ4v) is 2.22. The highest BCUT2D eigenvalue weighted by molar-refractivity contribution is 5.82. The summed E-state index contributed by atoms with van der Waals surface area (Å²) < 4.78 is 0. The summed E-state index contributed by atoms with van der Waals surface area (Å²) >= 11 is 0. The van der Waals surface area contributed by atoms with Gasteiger partial charge in [-0.05, 0) is 24.0 Å². The Balaban J connectivity index is 1.98. The average molecular weight is 248 g/mol. The molecule has 1 aliphatic heterocycles. The van der Waals surface area contributed by atoms with Crippen LogP contribution in [0.25, 0.3) is 0 Å². The third-order valence-corrected chi connectivity index (χ3v) is 3.46. The summed E-state index contributed by atoms with van der Waals surface area (Å²) in [5, 5.41) is 15.2. The summed E-state index contributed by atoms with van der Waals surface area (Å²) in [4.78, 5) is 12.1. The Hall–Kier alpha value is -1.39. The molecule has 0 bridgehead atoms. The van der Waals surface area contributed by atoms with Gasteiger partial charge in [0, 0.05) is 6.54 Å². The number of hydrogen-bond acceptors (Lipinski definition) is 3. The topological polar surface area (TPSA) is 61.4 Å². The molecular weight excluding hydrogens is 228 g/mol. The van der Waals surface area contributed by atoms with E-state index in [4.69, 9.17) is 5.11 Å². The van der Waals surface area contributed by atoms with Gasteiger partial charge in [-0.15, -0.1) is 0 Å². The molecule has 0 spiro atoms. The predicted molar refractivity (Wildman–Crippen MR) is 70.1 cm³/mol. The molecule has 2 atom stereocenters. The molecule has 1 aliphatic rings. The first-order valence-electron chi connectivity index (χ1n) is 6.46. The summed E-state index contributed by atoms with van der Waals surface area (Å²) in [6, 6.07) is 7.83. The van der Waals surface area contributed by atoms with Crippen LogP contribution in [0.3, 0.4) is 0 Å². The second-order valence-corrected chi connectivity index (χ2v) is 4.70. The van der Waals surface area contributed by atoms with Crippen molar-refractivity contribution in [3.63, 3.8) is 0 Å². The van der Waals surface area contributed by atoms with Crippen LogP contribution in [-0.2, 0) is 17.8 Å². The van der Waals surface area contributed by atoms with Crippen molar-refractivity contribution in [1.82, 2.24) is 10.6 Å². The Morgan fingerprint density at radius 2 is 2.22 bits per heavy atom. The molecule has 0 fully saturated rings. The van der Waals surface area contributed by atoms with Crippen LogP contribution in [0.5, 0.6) is 0 Å². The third-order valence-electron chi connectivity index (χ3n) is 3.46. The van der Waals surface area contributed by atoms with Crippen molar-refractivity contribution in [2.45, 2.75) is 38.4 Å². The minimum Gasteiger partial charge on any atom is -0.394 e. The number of benzene rings is 1. The van der Waals surface area contributed by atoms with Gasteiger partial charge in [0.1, 0.15) is 0 Å². The summed E-state index contributed by atoms with van der Waals surface area (Å²) in [7, 11) is 0. The lowest BCUT2D eigenvalue weighted by molar-refractivity contribution is -0.124. The smallest absolute Gasteiger partial charge is 0.237 e. The highest BCUT2D eigenvalue weighted by atomic mass is 16.3. The summed E-state index contributed by atoms with van der Waals surface area (Å²) in [6.07, 6.45) is 1.45. The Bertz CT molecular complexity index is 416. The molecule has 98 valence electrons. The zero-order chi connectivity index (χ0) is 13.0. The largest absolute Gasteiger partial charge is 0.394 e. The quantitative estimate of drug-likeness (QED) is 0.731. The molecule has 18 heavy (non-hydrogen) atoms. The Labute approximate surface area is 107 Å². The Morgan fingerprint density at radius 3 is 2.89 bits per heavy atom. The van der Waals surface area contributed by atoms with Crippen molar-refractivity contribution in [3.8, 4) is 0 Å². The van der Waals surface area contributed by atoms with Gasteiger partial charge in [0.25, 0.3) is 0 Å². The van der Waals surface area contributed by atoms with Gasteiger partial charge in [0.05, 0.1) is 18.7 Å². The summed E-state index contributed by atoms with van der Waals surface area (Å²) in [5.41, 5.74) is 2.49. The Kier molecular flexibility index (Phi) is 4.33. The van der Waals surface area contributed by atoms with Gasteiger partial charge in [-0.1, -0.05) is 31.2 Å². The minimum atomic E-state index is -0.194. The second-order valence-electron chi connectivity index (χ2n) is 4.70. The molecule has 0 unspecified atom stereocenters. The highest BCUT2D eigenvalue weighted by Gasteiger charge is 2.24. The van der Waals surface area contributed by atoms with Gasteiger partial charge < -0.3 is 15.7 Å². The van der Waals surface area contributed by atoms with Gasteiger partial charge in [-0.25, -0.2) is 0 Å². The molecule has 3 N–H and O–H groups in total. The van der Waals surface area contributed by atoms with Gasteiger partial charge in [0.15, 0.2) is 0 Å². The number of nitrogens with one attached hydrogen (secondary N) is 2. The summed E-state index contributed by atoms with van der Waals surface area (Å²) in [6.45, 7) is 2.67. The number of aliphatic hydroxyl groups excluding tert-OH is 1. The van der Waals surface area contributed by atoms with E-state index in [1.54, 1.807) is 0 Å². The first-order chi connectivity index (χ1) is 8.74. The van der Waals surface area contributed by atoms with E-state index in [1.807, 2.05) is 19.1 Å². The van der Waals surface area contributed by atoms with E-state index in [9.17, 15) is 4.79 Å². The van der Waals surface area contributed by atoms with Crippen LogP contribution in [0.1, 0.15) is 24.5 Å². The molecule has 2 rings (SSSR count). The van der Waals surface area contributed by atoms with Crippen molar-refractivity contribution in [1.29, 1.82) is 0 Å². The van der Waals surface area contributed by atoms with Crippen molar-refractivity contribution < 1.29 is 9.90 Å². The van der Waals surface area contributed by atoms with Gasteiger partial charge >= 0.3 is 0 Å². The van der Waals surface area contributed by atoms with Crippen molar-refractivity contribution in [2.24, 2.45) is 0 Å². The first kappa shape index (κ1) is 13.1. The van der Waals surface area contributed by atoms with Crippen LogP contribution in [0, 0.1) is 0 Å². The van der Waals surface area contributed by atoms with E-state index in [2.05, 4.69) is 22.8 Å². The minimum absolute atomic E-state index is 0.00839. The molecule has 1 aromatic carbocycles. The maximum Gasteiger partial charge on any atom is 0.237 e. The number of carbonyl (C=O) groups is 1. The number of carbonyl (C=O) groups excluding carboxylic acids is 1. The van der Waals surface area contributed by atoms with Gasteiger partial charge in [-0.2, -0.15) is 0 Å². The van der Waals surface area contributed by atoms with Crippen molar-refractivity contribution in [2.75, 3.05) is 6.61 Å². The van der Waals surface area contributed by atoms with E-state index in [0.29, 0.717) is 6.42 Å². The first-order valence-corrected chi connectivity index (χ1v) is 6.46. The molecule has 0 aliphatic carbocycles. The zero-order valence-corrected chi connectivity index (χ0v) is 10.6. The van der Waals surface area contributed by atoms with Crippen molar-refractivity contribution >= 4 is 5.91 Å². The maximum absolute atomic E-state index is 12.1. The van der Waals surface area contributed by atoms with Crippen molar-refractivity contribution in [3.05, 3.63) is 35.4 Å². The molecule has 4 nitrogen and oxygen atoms in total. The van der Waals surface area contributed by atoms with E-state index in [-0.39, 0.29) is 24.6 Å². The lowest BCUT2D eigenvalue weighted by atomic mass is 9.95. The van der Waals surface area contributed by atoms with Crippen LogP contribution in [0.4, 0.5) is 0 Å². The van der Waals surface area contributed by atoms with Gasteiger partial charge in [0.2, 0.25) is 5.91 Å². The number of fused-ring (bicyclic) bond motifs is 1. The van der Waals surface area contributed by atoms with Crippen LogP contribution < -0.4 is 10.6 Å². The van der Waals surface area contributed by atoms with E-state index in [0.717, 1.165) is 13.0 Å². The number of hydrogen-bond donors (Lipinski definition) is 3. The van der Waals surface area contributed by atoms with Crippen LogP contribution in [-0.4, -0.2) is 29.7 Å². The molecule has 1 aromatic rings. The standard InChI is InChI=1S/C14H20N2O2/c1-2-12(9-17)16-14(18)13-7-10-5-3-4-6-11(10)8-15-13/h3-6,12-13,15,17H,2,7-9H2,1H3,(H,16,18)/t12-,13-/m1/s1. The van der Waals surface area contributed by atoms with E-state index in [1.165, 1.54) is 11.1 Å². The maximum atomic E-state index is 12.1. The zero-order valence-electron chi connectivity index (χ0n) is 10.6. The fraction of sp³-hybridized carbons (Fsp3) is 0.500. The SMILES string of the molecule is CC[C@H](CO)NC(=O)[C@H]1Cc2ccccc2CN1. The molecule has 1 heterocycles. The number of rotatable bonds is 4. The second kappa shape index (κ2) is 5.98. The molecule has 0 saturated carbocycles. The molecule has 0 radical (unpaired) electrons. The monoisotopic (exact) mass is 248 g/mol. The third kappa shape index (κ3) is 2.89. The van der Waals surface area contributed by atoms with E-state index >= 15 is 0 Å². The van der Waals surface area contributed by atoms with Crippen LogP contribution >= 0.6 is 0 Å². The Morgan fingerprint density at radius 1 is 1.50 bits per heavy atom. The fourth-order valence-electron chi connectivity index (χ4n) is 2.22. The lowest BCUT2D eigenvalue weighted by Gasteiger charge is -2.26. The van der Waals surface area contributed by atoms with Gasteiger partial charge in [-0.3, -0.25) is 4.79 Å². The van der Waals surface area contributed by atoms with Crippen LogP contribution in [0.2, 0.25) is 0 Å². The summed E-state index contributed by atoms with van der Waals surface area (Å²) in [5.74, 6) is -0.0228. The highest BCUT2D eigenvalue weighted by Crippen LogP contribution is 2.16. The lowest BCUT2D eigenvalue weighted by Crippen LogP contribution is -2.51. The van der Waals surface area contributed by atoms with Crippen LogP contribution in [0.15, 0.2) is 24.3 Å². The normalized spacial score (nSPS) is 20.0.